The largest absolute Gasteiger partial charge is 0.480 e. The van der Waals surface area contributed by atoms with Crippen molar-refractivity contribution < 1.29 is 19.1 Å². The highest BCUT2D eigenvalue weighted by atomic mass is 35.5. The Morgan fingerprint density at radius 2 is 1.95 bits per heavy atom. The molecule has 0 aromatic heterocycles. The van der Waals surface area contributed by atoms with Gasteiger partial charge in [-0.2, -0.15) is 0 Å². The molecular weight excluding hydrogens is 273 g/mol. The molecule has 0 aliphatic rings. The van der Waals surface area contributed by atoms with E-state index < -0.39 is 23.7 Å². The molecule has 0 unspecified atom stereocenters. The maximum Gasteiger partial charge on any atom is 0.326 e. The van der Waals surface area contributed by atoms with Gasteiger partial charge in [0.2, 0.25) is 0 Å². The summed E-state index contributed by atoms with van der Waals surface area (Å²) in [5, 5.41) is 11.1. The molecule has 1 rings (SSSR count). The van der Waals surface area contributed by atoms with Crippen LogP contribution in [0.1, 0.15) is 29.8 Å². The van der Waals surface area contributed by atoms with E-state index in [1.54, 1.807) is 20.8 Å². The summed E-state index contributed by atoms with van der Waals surface area (Å²) in [6, 6.07) is 1.71. The van der Waals surface area contributed by atoms with Gasteiger partial charge in [0, 0.05) is 0 Å². The number of carbonyl (C=O) groups excluding carboxylic acids is 1. The van der Waals surface area contributed by atoms with Crippen molar-refractivity contribution in [1.29, 1.82) is 0 Å². The number of carbonyl (C=O) groups is 2. The quantitative estimate of drug-likeness (QED) is 0.894. The Balaban J connectivity index is 3.02. The van der Waals surface area contributed by atoms with Crippen LogP contribution < -0.4 is 5.32 Å². The lowest BCUT2D eigenvalue weighted by atomic mass is 10.0. The topological polar surface area (TPSA) is 66.4 Å². The lowest BCUT2D eigenvalue weighted by Gasteiger charge is -2.18. The molecule has 1 aromatic carbocycles. The third-order valence-corrected chi connectivity index (χ3v) is 3.20. The average molecular weight is 288 g/mol. The van der Waals surface area contributed by atoms with E-state index in [1.165, 1.54) is 12.1 Å². The van der Waals surface area contributed by atoms with Gasteiger partial charge in [-0.15, -0.1) is 0 Å². The second-order valence-corrected chi connectivity index (χ2v) is 4.97. The molecule has 19 heavy (non-hydrogen) atoms. The fourth-order valence-electron chi connectivity index (χ4n) is 1.55. The van der Waals surface area contributed by atoms with E-state index in [9.17, 15) is 14.0 Å². The molecule has 1 atom stereocenters. The third-order valence-electron chi connectivity index (χ3n) is 2.74. The highest BCUT2D eigenvalue weighted by Crippen LogP contribution is 2.22. The van der Waals surface area contributed by atoms with Crippen LogP contribution >= 0.6 is 11.6 Å². The van der Waals surface area contributed by atoms with Gasteiger partial charge >= 0.3 is 5.97 Å². The van der Waals surface area contributed by atoms with Crippen molar-refractivity contribution in [1.82, 2.24) is 5.32 Å². The van der Waals surface area contributed by atoms with Gasteiger partial charge < -0.3 is 10.4 Å². The summed E-state index contributed by atoms with van der Waals surface area (Å²) in [6.07, 6.45) is 0. The van der Waals surface area contributed by atoms with Crippen molar-refractivity contribution in [3.8, 4) is 0 Å². The molecule has 0 radical (unpaired) electrons. The summed E-state index contributed by atoms with van der Waals surface area (Å²) in [5.74, 6) is -3.11. The second kappa shape index (κ2) is 6.02. The monoisotopic (exact) mass is 287 g/mol. The van der Waals surface area contributed by atoms with Crippen LogP contribution in [0, 0.1) is 18.7 Å². The summed E-state index contributed by atoms with van der Waals surface area (Å²) in [6.45, 7) is 4.91. The molecular formula is C13H15ClFNO3. The zero-order valence-electron chi connectivity index (χ0n) is 10.8. The average Bonchev–Trinajstić information content (AvgIpc) is 2.32. The van der Waals surface area contributed by atoms with Crippen LogP contribution in [0.25, 0.3) is 0 Å². The number of rotatable bonds is 4. The van der Waals surface area contributed by atoms with Gasteiger partial charge in [-0.25, -0.2) is 9.18 Å². The molecule has 104 valence electrons. The van der Waals surface area contributed by atoms with Crippen LogP contribution in [0.5, 0.6) is 0 Å². The molecule has 0 heterocycles. The van der Waals surface area contributed by atoms with E-state index >= 15 is 0 Å². The van der Waals surface area contributed by atoms with E-state index in [0.29, 0.717) is 5.56 Å². The van der Waals surface area contributed by atoms with Crippen LogP contribution in [0.4, 0.5) is 4.39 Å². The smallest absolute Gasteiger partial charge is 0.326 e. The van der Waals surface area contributed by atoms with Crippen molar-refractivity contribution >= 4 is 23.5 Å². The Labute approximate surface area is 115 Å². The van der Waals surface area contributed by atoms with Crippen molar-refractivity contribution in [2.24, 2.45) is 5.92 Å². The van der Waals surface area contributed by atoms with E-state index in [4.69, 9.17) is 16.7 Å². The number of hydrogen-bond acceptors (Lipinski definition) is 2. The second-order valence-electron chi connectivity index (χ2n) is 4.59. The molecule has 2 N–H and O–H groups in total. The fraction of sp³-hybridized carbons (Fsp3) is 0.385. The normalized spacial score (nSPS) is 12.3. The summed E-state index contributed by atoms with van der Waals surface area (Å²) >= 11 is 5.72. The number of amides is 1. The molecule has 0 aliphatic carbocycles. The van der Waals surface area contributed by atoms with Crippen molar-refractivity contribution in [3.05, 3.63) is 34.1 Å². The Morgan fingerprint density at radius 1 is 1.37 bits per heavy atom. The van der Waals surface area contributed by atoms with Gasteiger partial charge in [0.25, 0.3) is 5.91 Å². The van der Waals surface area contributed by atoms with Gasteiger partial charge in [0.05, 0.1) is 10.6 Å². The van der Waals surface area contributed by atoms with Crippen LogP contribution in [0.15, 0.2) is 12.1 Å². The summed E-state index contributed by atoms with van der Waals surface area (Å²) in [4.78, 5) is 22.9. The van der Waals surface area contributed by atoms with Gasteiger partial charge in [-0.05, 0) is 24.5 Å². The van der Waals surface area contributed by atoms with Gasteiger partial charge in [-0.3, -0.25) is 4.79 Å². The van der Waals surface area contributed by atoms with Gasteiger partial charge in [-0.1, -0.05) is 31.5 Å². The lowest BCUT2D eigenvalue weighted by molar-refractivity contribution is -0.140. The maximum absolute atomic E-state index is 13.8. The zero-order chi connectivity index (χ0) is 14.7. The van der Waals surface area contributed by atoms with E-state index in [2.05, 4.69) is 5.32 Å². The number of aryl methyl sites for hydroxylation is 1. The third kappa shape index (κ3) is 3.44. The molecule has 0 fully saturated rings. The minimum Gasteiger partial charge on any atom is -0.480 e. The van der Waals surface area contributed by atoms with Crippen LogP contribution in [-0.2, 0) is 4.79 Å². The summed E-state index contributed by atoms with van der Waals surface area (Å²) in [5.41, 5.74) is 0.247. The molecule has 0 spiro atoms. The molecule has 1 amide bonds. The number of hydrogen-bond donors (Lipinski definition) is 2. The van der Waals surface area contributed by atoms with Crippen molar-refractivity contribution in [2.45, 2.75) is 26.8 Å². The molecule has 0 aliphatic heterocycles. The first-order valence-corrected chi connectivity index (χ1v) is 6.11. The minimum absolute atomic E-state index is 0.135. The fourth-order valence-corrected chi connectivity index (χ4v) is 1.72. The van der Waals surface area contributed by atoms with Crippen molar-refractivity contribution in [3.63, 3.8) is 0 Å². The molecule has 6 heteroatoms. The van der Waals surface area contributed by atoms with Gasteiger partial charge in [0.1, 0.15) is 6.04 Å². The molecule has 0 bridgehead atoms. The van der Waals surface area contributed by atoms with E-state index in [1.807, 2.05) is 0 Å². The zero-order valence-corrected chi connectivity index (χ0v) is 11.6. The molecule has 1 aromatic rings. The maximum atomic E-state index is 13.8. The summed E-state index contributed by atoms with van der Waals surface area (Å²) < 4.78 is 13.8. The Morgan fingerprint density at radius 3 is 2.42 bits per heavy atom. The number of nitrogens with one attached hydrogen (secondary N) is 1. The number of aliphatic carboxylic acids is 1. The van der Waals surface area contributed by atoms with E-state index in [0.717, 1.165) is 0 Å². The van der Waals surface area contributed by atoms with Crippen LogP contribution in [-0.4, -0.2) is 23.0 Å². The molecule has 0 saturated heterocycles. The predicted octanol–water partition coefficient (Wildman–Crippen LogP) is 2.63. The molecule has 0 saturated carbocycles. The first-order valence-electron chi connectivity index (χ1n) is 5.74. The number of carboxylic acids is 1. The summed E-state index contributed by atoms with van der Waals surface area (Å²) in [7, 11) is 0. The highest BCUT2D eigenvalue weighted by Gasteiger charge is 2.25. The first kappa shape index (κ1) is 15.4. The number of halogens is 2. The minimum atomic E-state index is -1.16. The van der Waals surface area contributed by atoms with Crippen LogP contribution in [0.2, 0.25) is 5.02 Å². The van der Waals surface area contributed by atoms with Gasteiger partial charge in [0.15, 0.2) is 5.82 Å². The number of carboxylic acid groups (broad SMARTS) is 1. The number of benzene rings is 1. The van der Waals surface area contributed by atoms with Crippen LogP contribution in [0.3, 0.4) is 0 Å². The SMILES string of the molecule is Cc1ccc(C(=O)N[C@H](C(=O)O)C(C)C)c(F)c1Cl. The van der Waals surface area contributed by atoms with Crippen molar-refractivity contribution in [2.75, 3.05) is 0 Å². The molecule has 4 nitrogen and oxygen atoms in total. The Bertz CT molecular complexity index is 517. The Hall–Kier alpha value is -1.62. The standard InChI is InChI=1S/C13H15ClFNO3/c1-6(2)11(13(18)19)16-12(17)8-5-4-7(3)9(14)10(8)15/h4-6,11H,1-3H3,(H,16,17)(H,18,19)/t11-/m0/s1. The first-order chi connectivity index (χ1) is 8.75. The highest BCUT2D eigenvalue weighted by molar-refractivity contribution is 6.31. The lowest BCUT2D eigenvalue weighted by Crippen LogP contribution is -2.44. The Kier molecular flexibility index (Phi) is 4.89. The predicted molar refractivity (Wildman–Crippen MR) is 69.9 cm³/mol. The van der Waals surface area contributed by atoms with E-state index in [-0.39, 0.29) is 16.5 Å².